The Balaban J connectivity index is 1.66. The maximum atomic E-state index is 11.9. The summed E-state index contributed by atoms with van der Waals surface area (Å²) >= 11 is 0. The van der Waals surface area contributed by atoms with Gasteiger partial charge in [0.05, 0.1) is 19.8 Å². The molecule has 2 rings (SSSR count). The number of nitrogens with zero attached hydrogens (tertiary/aromatic N) is 1. The summed E-state index contributed by atoms with van der Waals surface area (Å²) in [6.07, 6.45) is 2.15. The summed E-state index contributed by atoms with van der Waals surface area (Å²) in [4.78, 5) is 13.8. The summed E-state index contributed by atoms with van der Waals surface area (Å²) in [7, 11) is 0. The Morgan fingerprint density at radius 2 is 1.78 bits per heavy atom. The fourth-order valence-electron chi connectivity index (χ4n) is 2.44. The van der Waals surface area contributed by atoms with Crippen LogP contribution in [0.1, 0.15) is 19.8 Å². The smallest absolute Gasteiger partial charge is 0.236 e. The molecule has 2 fully saturated rings. The van der Waals surface area contributed by atoms with E-state index in [0.717, 1.165) is 45.7 Å². The normalized spacial score (nSPS) is 23.9. The maximum Gasteiger partial charge on any atom is 0.236 e. The number of carbonyl (C=O) groups excluding carboxylic acids is 1. The second-order valence-corrected chi connectivity index (χ2v) is 5.52. The molecule has 0 bridgehead atoms. The third-order valence-electron chi connectivity index (χ3n) is 3.89. The van der Waals surface area contributed by atoms with E-state index >= 15 is 0 Å². The lowest BCUT2D eigenvalue weighted by Gasteiger charge is -2.34. The highest BCUT2D eigenvalue weighted by Crippen LogP contribution is 2.28. The van der Waals surface area contributed by atoms with Crippen molar-refractivity contribution in [2.45, 2.75) is 19.8 Å². The maximum absolute atomic E-state index is 11.9. The molecular formula is C13H24N2O3. The molecule has 0 aromatic heterocycles. The Bertz CT molecular complexity index is 271. The van der Waals surface area contributed by atoms with E-state index in [1.54, 1.807) is 0 Å². The highest BCUT2D eigenvalue weighted by molar-refractivity contribution is 5.78. The number of hydrogen-bond donors (Lipinski definition) is 1. The first-order valence-corrected chi connectivity index (χ1v) is 6.84. The standard InChI is InChI=1S/C13H24N2O3/c1-13(2-6-17-7-3-13)11-14-10-12(16)15-4-8-18-9-5-15/h14H,2-11H2,1H3. The molecule has 1 amide bonds. The van der Waals surface area contributed by atoms with E-state index in [1.807, 2.05) is 4.90 Å². The molecule has 2 aliphatic heterocycles. The zero-order valence-corrected chi connectivity index (χ0v) is 11.2. The summed E-state index contributed by atoms with van der Waals surface area (Å²) in [5.41, 5.74) is 0.281. The van der Waals surface area contributed by atoms with Gasteiger partial charge in [-0.3, -0.25) is 4.79 Å². The second-order valence-electron chi connectivity index (χ2n) is 5.52. The van der Waals surface area contributed by atoms with Crippen LogP contribution in [0.2, 0.25) is 0 Å². The average molecular weight is 256 g/mol. The molecule has 5 heteroatoms. The Hall–Kier alpha value is -0.650. The number of hydrogen-bond acceptors (Lipinski definition) is 4. The monoisotopic (exact) mass is 256 g/mol. The van der Waals surface area contributed by atoms with Crippen molar-refractivity contribution in [1.29, 1.82) is 0 Å². The van der Waals surface area contributed by atoms with Gasteiger partial charge in [-0.05, 0) is 18.3 Å². The fraction of sp³-hybridized carbons (Fsp3) is 0.923. The third-order valence-corrected chi connectivity index (χ3v) is 3.89. The molecule has 0 aliphatic carbocycles. The van der Waals surface area contributed by atoms with Gasteiger partial charge in [0, 0.05) is 32.8 Å². The van der Waals surface area contributed by atoms with E-state index in [4.69, 9.17) is 9.47 Å². The van der Waals surface area contributed by atoms with E-state index in [-0.39, 0.29) is 11.3 Å². The van der Waals surface area contributed by atoms with Gasteiger partial charge in [-0.25, -0.2) is 0 Å². The van der Waals surface area contributed by atoms with Gasteiger partial charge >= 0.3 is 0 Å². The van der Waals surface area contributed by atoms with Crippen molar-refractivity contribution in [2.75, 3.05) is 52.6 Å². The van der Waals surface area contributed by atoms with Crippen molar-refractivity contribution in [2.24, 2.45) is 5.41 Å². The van der Waals surface area contributed by atoms with Crippen LogP contribution < -0.4 is 5.32 Å². The zero-order valence-electron chi connectivity index (χ0n) is 11.2. The van der Waals surface area contributed by atoms with Crippen LogP contribution >= 0.6 is 0 Å². The predicted molar refractivity (Wildman–Crippen MR) is 68.4 cm³/mol. The summed E-state index contributed by atoms with van der Waals surface area (Å²) in [5, 5.41) is 3.31. The summed E-state index contributed by atoms with van der Waals surface area (Å²) in [6, 6.07) is 0. The molecule has 0 unspecified atom stereocenters. The van der Waals surface area contributed by atoms with Crippen molar-refractivity contribution in [3.8, 4) is 0 Å². The van der Waals surface area contributed by atoms with Crippen LogP contribution in [0.25, 0.3) is 0 Å². The van der Waals surface area contributed by atoms with E-state index in [9.17, 15) is 4.79 Å². The lowest BCUT2D eigenvalue weighted by atomic mass is 9.82. The zero-order chi connectivity index (χ0) is 12.8. The molecule has 2 saturated heterocycles. The van der Waals surface area contributed by atoms with Crippen LogP contribution in [0.4, 0.5) is 0 Å². The Morgan fingerprint density at radius 3 is 2.44 bits per heavy atom. The highest BCUT2D eigenvalue weighted by atomic mass is 16.5. The van der Waals surface area contributed by atoms with E-state index in [1.165, 1.54) is 0 Å². The third kappa shape index (κ3) is 3.93. The number of amides is 1. The SMILES string of the molecule is CC1(CNCC(=O)N2CCOCC2)CCOCC1. The van der Waals surface area contributed by atoms with E-state index in [2.05, 4.69) is 12.2 Å². The van der Waals surface area contributed by atoms with E-state index < -0.39 is 0 Å². The van der Waals surface area contributed by atoms with Crippen molar-refractivity contribution < 1.29 is 14.3 Å². The molecule has 0 saturated carbocycles. The molecule has 0 radical (unpaired) electrons. The molecule has 5 nitrogen and oxygen atoms in total. The molecule has 0 aromatic carbocycles. The molecule has 104 valence electrons. The number of carbonyl (C=O) groups is 1. The number of nitrogens with one attached hydrogen (secondary N) is 1. The van der Waals surface area contributed by atoms with Gasteiger partial charge in [-0.15, -0.1) is 0 Å². The van der Waals surface area contributed by atoms with Gasteiger partial charge in [-0.2, -0.15) is 0 Å². The number of rotatable bonds is 4. The Kier molecular flexibility index (Phi) is 4.97. The number of morpholine rings is 1. The lowest BCUT2D eigenvalue weighted by Crippen LogP contribution is -2.46. The van der Waals surface area contributed by atoms with Crippen LogP contribution in [0.3, 0.4) is 0 Å². The van der Waals surface area contributed by atoms with Crippen LogP contribution in [0.5, 0.6) is 0 Å². The van der Waals surface area contributed by atoms with Crippen LogP contribution in [-0.2, 0) is 14.3 Å². The second kappa shape index (κ2) is 6.50. The first-order valence-electron chi connectivity index (χ1n) is 6.84. The molecule has 0 atom stereocenters. The quantitative estimate of drug-likeness (QED) is 0.783. The largest absolute Gasteiger partial charge is 0.381 e. The van der Waals surface area contributed by atoms with Crippen LogP contribution in [0, 0.1) is 5.41 Å². The average Bonchev–Trinajstić information content (AvgIpc) is 2.40. The summed E-state index contributed by atoms with van der Waals surface area (Å²) in [5.74, 6) is 0.189. The Labute approximate surface area is 109 Å². The predicted octanol–water partition coefficient (Wildman–Crippen LogP) is 0.252. The summed E-state index contributed by atoms with van der Waals surface area (Å²) < 4.78 is 10.6. The molecular weight excluding hydrogens is 232 g/mol. The van der Waals surface area contributed by atoms with Crippen LogP contribution in [0.15, 0.2) is 0 Å². The van der Waals surface area contributed by atoms with Crippen molar-refractivity contribution in [3.05, 3.63) is 0 Å². The van der Waals surface area contributed by atoms with Gasteiger partial charge in [-0.1, -0.05) is 6.92 Å². The van der Waals surface area contributed by atoms with Crippen molar-refractivity contribution in [1.82, 2.24) is 10.2 Å². The van der Waals surface area contributed by atoms with Crippen LogP contribution in [-0.4, -0.2) is 63.4 Å². The number of ether oxygens (including phenoxy) is 2. The highest BCUT2D eigenvalue weighted by Gasteiger charge is 2.27. The molecule has 2 aliphatic rings. The Morgan fingerprint density at radius 1 is 1.17 bits per heavy atom. The van der Waals surface area contributed by atoms with Gasteiger partial charge in [0.15, 0.2) is 0 Å². The van der Waals surface area contributed by atoms with Gasteiger partial charge in [0.25, 0.3) is 0 Å². The fourth-order valence-corrected chi connectivity index (χ4v) is 2.44. The first kappa shape index (κ1) is 13.8. The molecule has 2 heterocycles. The minimum atomic E-state index is 0.189. The van der Waals surface area contributed by atoms with Crippen molar-refractivity contribution in [3.63, 3.8) is 0 Å². The van der Waals surface area contributed by atoms with Gasteiger partial charge in [0.2, 0.25) is 5.91 Å². The minimum Gasteiger partial charge on any atom is -0.381 e. The summed E-state index contributed by atoms with van der Waals surface area (Å²) in [6.45, 7) is 8.08. The molecule has 18 heavy (non-hydrogen) atoms. The first-order chi connectivity index (χ1) is 8.70. The van der Waals surface area contributed by atoms with Crippen molar-refractivity contribution >= 4 is 5.91 Å². The van der Waals surface area contributed by atoms with Gasteiger partial charge < -0.3 is 19.7 Å². The molecule has 0 spiro atoms. The van der Waals surface area contributed by atoms with Gasteiger partial charge in [0.1, 0.15) is 0 Å². The minimum absolute atomic E-state index is 0.189. The molecule has 0 aromatic rings. The van der Waals surface area contributed by atoms with E-state index in [0.29, 0.717) is 19.8 Å². The lowest BCUT2D eigenvalue weighted by molar-refractivity contribution is -0.134. The molecule has 1 N–H and O–H groups in total. The topological polar surface area (TPSA) is 50.8 Å².